The van der Waals surface area contributed by atoms with Crippen LogP contribution in [0.5, 0.6) is 0 Å². The topological polar surface area (TPSA) is 112 Å². The Hall–Kier alpha value is -1.92. The van der Waals surface area contributed by atoms with Crippen molar-refractivity contribution in [2.75, 3.05) is 32.2 Å². The highest BCUT2D eigenvalue weighted by molar-refractivity contribution is 8.14. The summed E-state index contributed by atoms with van der Waals surface area (Å²) in [6.45, 7) is 9.59. The fraction of sp³-hybridized carbons (Fsp3) is 0.760. The van der Waals surface area contributed by atoms with Crippen molar-refractivity contribution in [3.8, 4) is 0 Å². The number of hydrogen-bond acceptors (Lipinski definition) is 10. The van der Waals surface area contributed by atoms with Crippen LogP contribution >= 0.6 is 23.5 Å². The number of aliphatic hydroxyl groups is 1. The second-order valence-electron chi connectivity index (χ2n) is 10.6. The third kappa shape index (κ3) is 4.85. The molecule has 37 heavy (non-hydrogen) atoms. The van der Waals surface area contributed by atoms with Crippen LogP contribution in [-0.4, -0.2) is 105 Å². The summed E-state index contributed by atoms with van der Waals surface area (Å²) in [4.78, 5) is 49.6. The molecule has 6 atom stereocenters. The SMILES string of the molecule is C[C@@H]1CCC[C@H](C)N1C(=O)OCOC(=O)C1=C(SC2CN(C3=NCCS3)C2)[C@H](C)[C@@H]2[C@@H]([C@@H](C)O)C(=O)N12. The summed E-state index contributed by atoms with van der Waals surface area (Å²) in [5.41, 5.74) is 0.228. The van der Waals surface area contributed by atoms with E-state index in [0.29, 0.717) is 0 Å². The molecule has 5 aliphatic rings. The molecule has 0 spiro atoms. The number of β-lactam (4-membered cyclic amide) rings is 1. The monoisotopic (exact) mass is 552 g/mol. The summed E-state index contributed by atoms with van der Waals surface area (Å²) >= 11 is 3.38. The Bertz CT molecular complexity index is 1000. The molecule has 0 aromatic heterocycles. The molecule has 3 fully saturated rings. The largest absolute Gasteiger partial charge is 0.423 e. The zero-order valence-corrected chi connectivity index (χ0v) is 23.4. The van der Waals surface area contributed by atoms with Crippen molar-refractivity contribution in [3.05, 3.63) is 10.6 Å². The fourth-order valence-electron chi connectivity index (χ4n) is 6.09. The number of amidine groups is 1. The summed E-state index contributed by atoms with van der Waals surface area (Å²) < 4.78 is 10.7. The number of likely N-dealkylation sites (tertiary alicyclic amines) is 2. The lowest BCUT2D eigenvalue weighted by atomic mass is 9.79. The van der Waals surface area contributed by atoms with E-state index >= 15 is 0 Å². The number of nitrogens with zero attached hydrogens (tertiary/aromatic N) is 4. The van der Waals surface area contributed by atoms with Crippen molar-refractivity contribution in [3.63, 3.8) is 0 Å². The molecule has 12 heteroatoms. The number of carbonyl (C=O) groups is 3. The minimum Gasteiger partial charge on any atom is -0.423 e. The average Bonchev–Trinajstić information content (AvgIpc) is 3.41. The molecule has 5 aliphatic heterocycles. The van der Waals surface area contributed by atoms with Crippen LogP contribution in [0.2, 0.25) is 0 Å². The Kier molecular flexibility index (Phi) is 7.70. The summed E-state index contributed by atoms with van der Waals surface area (Å²) in [5, 5.41) is 11.6. The van der Waals surface area contributed by atoms with E-state index in [2.05, 4.69) is 9.89 Å². The van der Waals surface area contributed by atoms with E-state index in [4.69, 9.17) is 9.47 Å². The van der Waals surface area contributed by atoms with Crippen LogP contribution in [0.15, 0.2) is 15.6 Å². The van der Waals surface area contributed by atoms with Gasteiger partial charge in [0.1, 0.15) is 5.70 Å². The first-order chi connectivity index (χ1) is 17.7. The van der Waals surface area contributed by atoms with E-state index in [1.807, 2.05) is 20.8 Å². The summed E-state index contributed by atoms with van der Waals surface area (Å²) in [7, 11) is 0. The van der Waals surface area contributed by atoms with E-state index in [9.17, 15) is 19.5 Å². The van der Waals surface area contributed by atoms with Gasteiger partial charge in [0.25, 0.3) is 0 Å². The van der Waals surface area contributed by atoms with Crippen molar-refractivity contribution < 1.29 is 29.0 Å². The molecule has 204 valence electrons. The molecule has 2 amide bonds. The molecule has 0 radical (unpaired) electrons. The highest BCUT2D eigenvalue weighted by atomic mass is 32.2. The number of carbonyl (C=O) groups excluding carboxylic acids is 3. The number of ether oxygens (including phenoxy) is 2. The standard InChI is InChI=1S/C25H36N4O6S2/c1-13-6-5-7-14(2)28(13)25(33)35-12-34-23(32)20-21(15(3)19-18(16(4)30)22(31)29(19)20)37-17-10-27(11-17)24-26-8-9-36-24/h13-19,30H,5-12H2,1-4H3/t13-,14+,15-,16-,18-,19-/m1/s1. The van der Waals surface area contributed by atoms with E-state index in [-0.39, 0.29) is 40.9 Å². The highest BCUT2D eigenvalue weighted by Gasteiger charge is 2.60. The van der Waals surface area contributed by atoms with Crippen LogP contribution in [0.4, 0.5) is 4.79 Å². The smallest absolute Gasteiger partial charge is 0.413 e. The Balaban J connectivity index is 1.25. The quantitative estimate of drug-likeness (QED) is 0.302. The molecule has 3 saturated heterocycles. The lowest BCUT2D eigenvalue weighted by Gasteiger charge is -2.46. The maximum Gasteiger partial charge on any atom is 0.413 e. The van der Waals surface area contributed by atoms with Crippen LogP contribution in [0.25, 0.3) is 0 Å². The Morgan fingerprint density at radius 1 is 1.19 bits per heavy atom. The van der Waals surface area contributed by atoms with E-state index in [0.717, 1.165) is 54.7 Å². The molecule has 10 nitrogen and oxygen atoms in total. The predicted molar refractivity (Wildman–Crippen MR) is 142 cm³/mol. The molecular formula is C25H36N4O6S2. The van der Waals surface area contributed by atoms with Gasteiger partial charge in [-0.05, 0) is 40.0 Å². The molecule has 0 bridgehead atoms. The van der Waals surface area contributed by atoms with Crippen LogP contribution in [0.1, 0.15) is 47.0 Å². The van der Waals surface area contributed by atoms with Gasteiger partial charge in [0.2, 0.25) is 12.7 Å². The number of aliphatic imine (C=N–C) groups is 1. The van der Waals surface area contributed by atoms with Gasteiger partial charge in [-0.2, -0.15) is 0 Å². The molecule has 0 aliphatic carbocycles. The van der Waals surface area contributed by atoms with Crippen molar-refractivity contribution in [2.45, 2.75) is 76.4 Å². The first-order valence-corrected chi connectivity index (χ1v) is 15.0. The summed E-state index contributed by atoms with van der Waals surface area (Å²) in [6.07, 6.45) is 1.60. The van der Waals surface area contributed by atoms with E-state index < -0.39 is 30.9 Å². The van der Waals surface area contributed by atoms with Gasteiger partial charge in [0.15, 0.2) is 5.17 Å². The Morgan fingerprint density at radius 3 is 2.51 bits per heavy atom. The molecule has 0 aromatic carbocycles. The molecule has 1 N–H and O–H groups in total. The first-order valence-electron chi connectivity index (χ1n) is 13.1. The first kappa shape index (κ1) is 26.7. The molecule has 0 saturated carbocycles. The minimum atomic E-state index is -0.802. The molecule has 5 rings (SSSR count). The average molecular weight is 553 g/mol. The van der Waals surface area contributed by atoms with Gasteiger partial charge in [-0.1, -0.05) is 18.7 Å². The number of fused-ring (bicyclic) bond motifs is 1. The number of hydrogen-bond donors (Lipinski definition) is 1. The van der Waals surface area contributed by atoms with Crippen molar-refractivity contribution in [1.82, 2.24) is 14.7 Å². The highest BCUT2D eigenvalue weighted by Crippen LogP contribution is 2.52. The Morgan fingerprint density at radius 2 is 1.89 bits per heavy atom. The van der Waals surface area contributed by atoms with Crippen molar-refractivity contribution in [1.29, 1.82) is 0 Å². The van der Waals surface area contributed by atoms with Gasteiger partial charge >= 0.3 is 12.1 Å². The third-order valence-electron chi connectivity index (χ3n) is 8.06. The number of amides is 2. The zero-order valence-electron chi connectivity index (χ0n) is 21.8. The maximum absolute atomic E-state index is 13.3. The predicted octanol–water partition coefficient (Wildman–Crippen LogP) is 2.48. The van der Waals surface area contributed by atoms with Crippen LogP contribution in [-0.2, 0) is 19.1 Å². The second kappa shape index (κ2) is 10.7. The molecule has 0 aromatic rings. The normalized spacial score (nSPS) is 32.6. The van der Waals surface area contributed by atoms with Gasteiger partial charge in [-0.3, -0.25) is 9.79 Å². The van der Waals surface area contributed by atoms with Gasteiger partial charge in [-0.25, -0.2) is 9.59 Å². The maximum atomic E-state index is 13.3. The second-order valence-corrected chi connectivity index (χ2v) is 13.0. The third-order valence-corrected chi connectivity index (χ3v) is 10.5. The number of esters is 1. The number of rotatable bonds is 6. The molecule has 5 heterocycles. The number of aliphatic hydroxyl groups excluding tert-OH is 1. The van der Waals surface area contributed by atoms with Gasteiger partial charge in [0, 0.05) is 47.0 Å². The minimum absolute atomic E-state index is 0.0702. The van der Waals surface area contributed by atoms with Crippen molar-refractivity contribution >= 4 is 46.7 Å². The summed E-state index contributed by atoms with van der Waals surface area (Å²) in [6, 6.07) is -0.136. The lowest BCUT2D eigenvalue weighted by Crippen LogP contribution is -2.63. The van der Waals surface area contributed by atoms with Crippen LogP contribution < -0.4 is 0 Å². The zero-order chi connectivity index (χ0) is 26.4. The molecular weight excluding hydrogens is 516 g/mol. The Labute approximate surface area is 226 Å². The van der Waals surface area contributed by atoms with E-state index in [1.165, 1.54) is 4.90 Å². The van der Waals surface area contributed by atoms with Gasteiger partial charge in [-0.15, -0.1) is 11.8 Å². The summed E-state index contributed by atoms with van der Waals surface area (Å²) in [5.74, 6) is -0.572. The van der Waals surface area contributed by atoms with E-state index in [1.54, 1.807) is 35.3 Å². The molecule has 0 unspecified atom stereocenters. The van der Waals surface area contributed by atoms with Crippen molar-refractivity contribution in [2.24, 2.45) is 16.8 Å². The van der Waals surface area contributed by atoms with Gasteiger partial charge in [0.05, 0.1) is 24.6 Å². The van der Waals surface area contributed by atoms with Crippen LogP contribution in [0, 0.1) is 11.8 Å². The van der Waals surface area contributed by atoms with Crippen LogP contribution in [0.3, 0.4) is 0 Å². The number of thioether (sulfide) groups is 2. The number of piperidine rings is 1. The van der Waals surface area contributed by atoms with Gasteiger partial charge < -0.3 is 29.3 Å². The lowest BCUT2D eigenvalue weighted by molar-refractivity contribution is -0.166. The fourth-order valence-corrected chi connectivity index (χ4v) is 8.49.